The lowest BCUT2D eigenvalue weighted by Crippen LogP contribution is -2.30. The first-order valence-electron chi connectivity index (χ1n) is 6.71. The predicted molar refractivity (Wildman–Crippen MR) is 72.9 cm³/mol. The van der Waals surface area contributed by atoms with Gasteiger partial charge in [0, 0.05) is 6.20 Å². The minimum Gasteiger partial charge on any atom is -0.316 e. The number of piperidine rings is 1. The normalized spacial score (nSPS) is 19.9. The molecule has 1 aromatic heterocycles. The number of rotatable bonds is 3. The molecular formula is C15H19N3. The van der Waals surface area contributed by atoms with E-state index < -0.39 is 0 Å². The quantitative estimate of drug-likeness (QED) is 0.894. The number of hydrogen-bond acceptors (Lipinski definition) is 2. The van der Waals surface area contributed by atoms with Crippen molar-refractivity contribution in [1.29, 1.82) is 0 Å². The molecule has 1 unspecified atom stereocenters. The molecule has 0 saturated carbocycles. The summed E-state index contributed by atoms with van der Waals surface area (Å²) in [4.78, 5) is 0. The summed E-state index contributed by atoms with van der Waals surface area (Å²) in [5, 5.41) is 7.91. The lowest BCUT2D eigenvalue weighted by Gasteiger charge is -2.21. The second-order valence-corrected chi connectivity index (χ2v) is 5.05. The first-order valence-corrected chi connectivity index (χ1v) is 6.71. The Balaban J connectivity index is 1.69. The van der Waals surface area contributed by atoms with Gasteiger partial charge in [-0.2, -0.15) is 5.10 Å². The molecule has 1 N–H and O–H groups in total. The second kappa shape index (κ2) is 5.36. The second-order valence-electron chi connectivity index (χ2n) is 5.05. The number of nitrogens with zero attached hydrogens (tertiary/aromatic N) is 2. The maximum absolute atomic E-state index is 4.45. The van der Waals surface area contributed by atoms with E-state index in [1.807, 2.05) is 29.1 Å². The highest BCUT2D eigenvalue weighted by molar-refractivity contribution is 5.30. The topological polar surface area (TPSA) is 29.9 Å². The molecule has 3 rings (SSSR count). The van der Waals surface area contributed by atoms with Gasteiger partial charge >= 0.3 is 0 Å². The average Bonchev–Trinajstić information content (AvgIpc) is 2.89. The summed E-state index contributed by atoms with van der Waals surface area (Å²) >= 11 is 0. The van der Waals surface area contributed by atoms with Gasteiger partial charge in [-0.3, -0.25) is 0 Å². The van der Waals surface area contributed by atoms with Gasteiger partial charge < -0.3 is 5.32 Å². The fourth-order valence-corrected chi connectivity index (χ4v) is 2.62. The molecule has 18 heavy (non-hydrogen) atoms. The summed E-state index contributed by atoms with van der Waals surface area (Å²) in [6.45, 7) is 2.33. The molecule has 2 aromatic rings. The van der Waals surface area contributed by atoms with E-state index in [1.54, 1.807) is 0 Å². The maximum atomic E-state index is 4.45. The van der Waals surface area contributed by atoms with Crippen LogP contribution in [0.15, 0.2) is 42.7 Å². The molecule has 3 nitrogen and oxygen atoms in total. The number of nitrogens with one attached hydrogen (secondary N) is 1. The van der Waals surface area contributed by atoms with Crippen LogP contribution in [0.4, 0.5) is 0 Å². The summed E-state index contributed by atoms with van der Waals surface area (Å²) in [7, 11) is 0. The molecule has 1 aliphatic heterocycles. The van der Waals surface area contributed by atoms with Gasteiger partial charge in [0.15, 0.2) is 0 Å². The number of para-hydroxylation sites is 1. The molecule has 94 valence electrons. The van der Waals surface area contributed by atoms with Crippen LogP contribution in [0, 0.1) is 5.92 Å². The highest BCUT2D eigenvalue weighted by atomic mass is 15.3. The van der Waals surface area contributed by atoms with Crippen LogP contribution in [0.1, 0.15) is 18.4 Å². The van der Waals surface area contributed by atoms with E-state index in [1.165, 1.54) is 24.9 Å². The standard InChI is InChI=1S/C15H19N3/c1-2-6-15(7-3-1)18-12-14(11-17-18)9-13-5-4-8-16-10-13/h1-3,6-7,11-13,16H,4-5,8-10H2. The Labute approximate surface area is 108 Å². The molecule has 2 heterocycles. The van der Waals surface area contributed by atoms with E-state index in [4.69, 9.17) is 0 Å². The number of hydrogen-bond donors (Lipinski definition) is 1. The van der Waals surface area contributed by atoms with E-state index >= 15 is 0 Å². The van der Waals surface area contributed by atoms with Crippen molar-refractivity contribution in [2.24, 2.45) is 5.92 Å². The van der Waals surface area contributed by atoms with Crippen molar-refractivity contribution >= 4 is 0 Å². The van der Waals surface area contributed by atoms with E-state index in [2.05, 4.69) is 28.7 Å². The van der Waals surface area contributed by atoms with Crippen LogP contribution < -0.4 is 5.32 Å². The molecule has 0 radical (unpaired) electrons. The maximum Gasteiger partial charge on any atom is 0.0645 e. The molecule has 1 atom stereocenters. The van der Waals surface area contributed by atoms with Crippen LogP contribution in [-0.4, -0.2) is 22.9 Å². The molecule has 0 spiro atoms. The van der Waals surface area contributed by atoms with Crippen molar-refractivity contribution in [3.8, 4) is 5.69 Å². The number of aromatic nitrogens is 2. The van der Waals surface area contributed by atoms with Gasteiger partial charge in [-0.1, -0.05) is 18.2 Å². The van der Waals surface area contributed by atoms with Crippen molar-refractivity contribution < 1.29 is 0 Å². The molecule has 1 fully saturated rings. The van der Waals surface area contributed by atoms with Crippen LogP contribution in [-0.2, 0) is 6.42 Å². The molecular weight excluding hydrogens is 222 g/mol. The third-order valence-electron chi connectivity index (χ3n) is 3.58. The number of benzene rings is 1. The molecule has 1 aliphatic rings. The summed E-state index contributed by atoms with van der Waals surface area (Å²) in [6, 6.07) is 10.3. The minimum atomic E-state index is 0.771. The van der Waals surface area contributed by atoms with Gasteiger partial charge in [0.05, 0.1) is 11.9 Å². The average molecular weight is 241 g/mol. The van der Waals surface area contributed by atoms with Gasteiger partial charge in [0.25, 0.3) is 0 Å². The highest BCUT2D eigenvalue weighted by Gasteiger charge is 2.14. The molecule has 0 amide bonds. The predicted octanol–water partition coefficient (Wildman–Crippen LogP) is 2.41. The first kappa shape index (κ1) is 11.5. The molecule has 1 aromatic carbocycles. The summed E-state index contributed by atoms with van der Waals surface area (Å²) < 4.78 is 1.96. The Hall–Kier alpha value is -1.61. The van der Waals surface area contributed by atoms with Gasteiger partial charge in [0.2, 0.25) is 0 Å². The Bertz CT molecular complexity index is 483. The van der Waals surface area contributed by atoms with Crippen molar-refractivity contribution in [1.82, 2.24) is 15.1 Å². The van der Waals surface area contributed by atoms with E-state index in [0.29, 0.717) is 0 Å². The van der Waals surface area contributed by atoms with Crippen LogP contribution in [0.5, 0.6) is 0 Å². The minimum absolute atomic E-state index is 0.771. The lowest BCUT2D eigenvalue weighted by atomic mass is 9.94. The molecule has 3 heteroatoms. The summed E-state index contributed by atoms with van der Waals surface area (Å²) in [5.41, 5.74) is 2.47. The Morgan fingerprint density at radius 3 is 2.94 bits per heavy atom. The van der Waals surface area contributed by atoms with Crippen LogP contribution in [0.25, 0.3) is 5.69 Å². The fraction of sp³-hybridized carbons (Fsp3) is 0.400. The molecule has 1 saturated heterocycles. The molecule has 0 aliphatic carbocycles. The van der Waals surface area contributed by atoms with Crippen LogP contribution >= 0.6 is 0 Å². The first-order chi connectivity index (χ1) is 8.92. The SMILES string of the molecule is c1ccc(-n2cc(CC3CCCNC3)cn2)cc1. The third kappa shape index (κ3) is 2.62. The van der Waals surface area contributed by atoms with Crippen LogP contribution in [0.2, 0.25) is 0 Å². The zero-order valence-corrected chi connectivity index (χ0v) is 10.5. The monoisotopic (exact) mass is 241 g/mol. The van der Waals surface area contributed by atoms with Crippen molar-refractivity contribution in [2.45, 2.75) is 19.3 Å². The van der Waals surface area contributed by atoms with E-state index in [-0.39, 0.29) is 0 Å². The van der Waals surface area contributed by atoms with Gasteiger partial charge in [-0.25, -0.2) is 4.68 Å². The van der Waals surface area contributed by atoms with Gasteiger partial charge in [-0.05, 0) is 56.0 Å². The zero-order chi connectivity index (χ0) is 12.2. The zero-order valence-electron chi connectivity index (χ0n) is 10.5. The Kier molecular flexibility index (Phi) is 3.42. The fourth-order valence-electron chi connectivity index (χ4n) is 2.62. The van der Waals surface area contributed by atoms with Gasteiger partial charge in [-0.15, -0.1) is 0 Å². The largest absolute Gasteiger partial charge is 0.316 e. The van der Waals surface area contributed by atoms with Crippen molar-refractivity contribution in [2.75, 3.05) is 13.1 Å². The third-order valence-corrected chi connectivity index (χ3v) is 3.58. The Morgan fingerprint density at radius 1 is 1.28 bits per heavy atom. The smallest absolute Gasteiger partial charge is 0.0645 e. The van der Waals surface area contributed by atoms with Crippen LogP contribution in [0.3, 0.4) is 0 Å². The lowest BCUT2D eigenvalue weighted by molar-refractivity contribution is 0.376. The molecule has 0 bridgehead atoms. The summed E-state index contributed by atoms with van der Waals surface area (Å²) in [6.07, 6.45) is 7.94. The van der Waals surface area contributed by atoms with E-state index in [0.717, 1.165) is 24.6 Å². The van der Waals surface area contributed by atoms with E-state index in [9.17, 15) is 0 Å². The Morgan fingerprint density at radius 2 is 2.17 bits per heavy atom. The summed E-state index contributed by atoms with van der Waals surface area (Å²) in [5.74, 6) is 0.771. The van der Waals surface area contributed by atoms with Crippen molar-refractivity contribution in [3.63, 3.8) is 0 Å². The van der Waals surface area contributed by atoms with Crippen molar-refractivity contribution in [3.05, 3.63) is 48.3 Å². The van der Waals surface area contributed by atoms with Gasteiger partial charge in [0.1, 0.15) is 0 Å². The highest BCUT2D eigenvalue weighted by Crippen LogP contribution is 2.17.